The van der Waals surface area contributed by atoms with Gasteiger partial charge in [0.25, 0.3) is 5.91 Å². The minimum atomic E-state index is -0.218. The first kappa shape index (κ1) is 12.3. The fraction of sp³-hybridized carbons (Fsp3) is 0.143. The number of nitrogens with one attached hydrogen (secondary N) is 1. The predicted octanol–water partition coefficient (Wildman–Crippen LogP) is 2.35. The summed E-state index contributed by atoms with van der Waals surface area (Å²) in [6.45, 7) is 1.92. The van der Waals surface area contributed by atoms with Gasteiger partial charge in [-0.3, -0.25) is 9.78 Å². The summed E-state index contributed by atoms with van der Waals surface area (Å²) in [7, 11) is 0. The number of benzene rings is 1. The summed E-state index contributed by atoms with van der Waals surface area (Å²) in [6, 6.07) is 12.7. The molecule has 1 amide bonds. The van der Waals surface area contributed by atoms with Crippen LogP contribution in [0.4, 0.5) is 5.69 Å². The quantitative estimate of drug-likeness (QED) is 0.866. The maximum atomic E-state index is 11.8. The van der Waals surface area contributed by atoms with Crippen molar-refractivity contribution in [3.05, 3.63) is 59.9 Å². The first-order valence-corrected chi connectivity index (χ1v) is 5.75. The molecule has 1 aromatic carbocycles. The third-order valence-electron chi connectivity index (χ3n) is 2.59. The van der Waals surface area contributed by atoms with Crippen LogP contribution >= 0.6 is 0 Å². The van der Waals surface area contributed by atoms with E-state index in [2.05, 4.69) is 10.3 Å². The van der Waals surface area contributed by atoms with E-state index in [0.29, 0.717) is 5.69 Å². The summed E-state index contributed by atoms with van der Waals surface area (Å²) in [6.07, 6.45) is 1.59. The second-order valence-corrected chi connectivity index (χ2v) is 4.08. The molecule has 0 saturated carbocycles. The molecule has 3 N–H and O–H groups in total. The molecule has 0 spiro atoms. The molecule has 1 unspecified atom stereocenters. The Hall–Kier alpha value is -2.20. The molecule has 2 rings (SSSR count). The molecule has 0 aliphatic heterocycles. The molecule has 18 heavy (non-hydrogen) atoms. The van der Waals surface area contributed by atoms with Crippen LogP contribution in [-0.4, -0.2) is 10.9 Å². The van der Waals surface area contributed by atoms with Crippen LogP contribution in [0.25, 0.3) is 0 Å². The normalized spacial score (nSPS) is 11.9. The van der Waals surface area contributed by atoms with Crippen molar-refractivity contribution >= 4 is 11.6 Å². The van der Waals surface area contributed by atoms with Gasteiger partial charge >= 0.3 is 0 Å². The molecule has 4 nitrogen and oxygen atoms in total. The molecule has 1 heterocycles. The lowest BCUT2D eigenvalue weighted by molar-refractivity contribution is 0.102. The van der Waals surface area contributed by atoms with Gasteiger partial charge in [-0.15, -0.1) is 0 Å². The van der Waals surface area contributed by atoms with Crippen molar-refractivity contribution in [3.63, 3.8) is 0 Å². The van der Waals surface area contributed by atoms with Crippen molar-refractivity contribution in [2.75, 3.05) is 5.32 Å². The van der Waals surface area contributed by atoms with Gasteiger partial charge in [0.2, 0.25) is 0 Å². The van der Waals surface area contributed by atoms with Gasteiger partial charge in [-0.1, -0.05) is 18.2 Å². The summed E-state index contributed by atoms with van der Waals surface area (Å²) in [5, 5.41) is 2.78. The summed E-state index contributed by atoms with van der Waals surface area (Å²) in [4.78, 5) is 15.8. The van der Waals surface area contributed by atoms with Crippen LogP contribution in [0, 0.1) is 0 Å². The van der Waals surface area contributed by atoms with E-state index in [1.165, 1.54) is 0 Å². The first-order chi connectivity index (χ1) is 8.66. The largest absolute Gasteiger partial charge is 0.324 e. The summed E-state index contributed by atoms with van der Waals surface area (Å²) in [5.74, 6) is -0.218. The van der Waals surface area contributed by atoms with Crippen molar-refractivity contribution in [3.8, 4) is 0 Å². The van der Waals surface area contributed by atoms with Gasteiger partial charge in [0, 0.05) is 17.9 Å². The van der Waals surface area contributed by atoms with Gasteiger partial charge in [-0.05, 0) is 36.8 Å². The van der Waals surface area contributed by atoms with E-state index in [-0.39, 0.29) is 11.9 Å². The molecule has 92 valence electrons. The molecule has 0 radical (unpaired) electrons. The lowest BCUT2D eigenvalue weighted by Crippen LogP contribution is -2.13. The minimum Gasteiger partial charge on any atom is -0.324 e. The number of hydrogen-bond acceptors (Lipinski definition) is 3. The minimum absolute atomic E-state index is 0.00876. The third-order valence-corrected chi connectivity index (χ3v) is 2.59. The highest BCUT2D eigenvalue weighted by molar-refractivity contribution is 6.02. The maximum absolute atomic E-state index is 11.8. The Morgan fingerprint density at radius 1 is 1.22 bits per heavy atom. The van der Waals surface area contributed by atoms with Crippen LogP contribution in [0.5, 0.6) is 0 Å². The van der Waals surface area contributed by atoms with E-state index in [0.717, 1.165) is 11.3 Å². The number of nitrogens with two attached hydrogens (primary N) is 1. The van der Waals surface area contributed by atoms with E-state index < -0.39 is 0 Å². The Morgan fingerprint density at radius 2 is 1.94 bits per heavy atom. The van der Waals surface area contributed by atoms with Crippen LogP contribution in [0.3, 0.4) is 0 Å². The van der Waals surface area contributed by atoms with Crippen LogP contribution in [0.1, 0.15) is 29.0 Å². The molecule has 0 aliphatic rings. The van der Waals surface area contributed by atoms with E-state index in [4.69, 9.17) is 5.73 Å². The predicted molar refractivity (Wildman–Crippen MR) is 71.2 cm³/mol. The van der Waals surface area contributed by atoms with E-state index in [1.54, 1.807) is 24.4 Å². The van der Waals surface area contributed by atoms with Crippen molar-refractivity contribution in [2.45, 2.75) is 13.0 Å². The highest BCUT2D eigenvalue weighted by Gasteiger charge is 2.06. The number of carbonyl (C=O) groups is 1. The summed E-state index contributed by atoms with van der Waals surface area (Å²) >= 11 is 0. The van der Waals surface area contributed by atoms with Gasteiger partial charge in [0.1, 0.15) is 5.69 Å². The monoisotopic (exact) mass is 241 g/mol. The molecule has 0 aliphatic carbocycles. The molecular formula is C14H15N3O. The average Bonchev–Trinajstić information content (AvgIpc) is 2.40. The zero-order chi connectivity index (χ0) is 13.0. The third kappa shape index (κ3) is 2.93. The molecule has 4 heteroatoms. The van der Waals surface area contributed by atoms with Gasteiger partial charge in [0.15, 0.2) is 0 Å². The number of nitrogens with zero attached hydrogens (tertiary/aromatic N) is 1. The number of aromatic nitrogens is 1. The molecule has 1 aromatic heterocycles. The number of rotatable bonds is 3. The topological polar surface area (TPSA) is 68.0 Å². The molecular weight excluding hydrogens is 226 g/mol. The van der Waals surface area contributed by atoms with Crippen LogP contribution < -0.4 is 11.1 Å². The second-order valence-electron chi connectivity index (χ2n) is 4.08. The zero-order valence-corrected chi connectivity index (χ0v) is 10.1. The molecule has 1 atom stereocenters. The smallest absolute Gasteiger partial charge is 0.274 e. The molecule has 2 aromatic rings. The van der Waals surface area contributed by atoms with Crippen LogP contribution in [-0.2, 0) is 0 Å². The maximum Gasteiger partial charge on any atom is 0.274 e. The summed E-state index contributed by atoms with van der Waals surface area (Å²) in [5.41, 5.74) is 7.92. The Kier molecular flexibility index (Phi) is 3.69. The lowest BCUT2D eigenvalue weighted by atomic mass is 10.1. The van der Waals surface area contributed by atoms with Crippen molar-refractivity contribution in [2.24, 2.45) is 5.73 Å². The van der Waals surface area contributed by atoms with Gasteiger partial charge in [-0.25, -0.2) is 0 Å². The summed E-state index contributed by atoms with van der Waals surface area (Å²) < 4.78 is 0. The van der Waals surface area contributed by atoms with Crippen LogP contribution in [0.15, 0.2) is 48.7 Å². The van der Waals surface area contributed by atoms with Gasteiger partial charge in [-0.2, -0.15) is 0 Å². The van der Waals surface area contributed by atoms with E-state index >= 15 is 0 Å². The lowest BCUT2D eigenvalue weighted by Gasteiger charge is -2.08. The van der Waals surface area contributed by atoms with Crippen molar-refractivity contribution in [1.82, 2.24) is 4.98 Å². The fourth-order valence-corrected chi connectivity index (χ4v) is 1.56. The SMILES string of the molecule is CC(N)c1ccc(NC(=O)c2ccccn2)cc1. The number of carbonyl (C=O) groups excluding carboxylic acids is 1. The van der Waals surface area contributed by atoms with Gasteiger partial charge in [0.05, 0.1) is 0 Å². The van der Waals surface area contributed by atoms with Crippen molar-refractivity contribution in [1.29, 1.82) is 0 Å². The average molecular weight is 241 g/mol. The Morgan fingerprint density at radius 3 is 2.50 bits per heavy atom. The molecule has 0 fully saturated rings. The number of pyridine rings is 1. The highest BCUT2D eigenvalue weighted by atomic mass is 16.1. The standard InChI is InChI=1S/C14H15N3O/c1-10(15)11-5-7-12(8-6-11)17-14(18)13-4-2-3-9-16-13/h2-10H,15H2,1H3,(H,17,18). The Labute approximate surface area is 106 Å². The Bertz CT molecular complexity index is 520. The van der Waals surface area contributed by atoms with E-state index in [9.17, 15) is 4.79 Å². The Balaban J connectivity index is 2.08. The first-order valence-electron chi connectivity index (χ1n) is 5.75. The highest BCUT2D eigenvalue weighted by Crippen LogP contribution is 2.14. The second kappa shape index (κ2) is 5.42. The molecule has 0 bridgehead atoms. The van der Waals surface area contributed by atoms with Gasteiger partial charge < -0.3 is 11.1 Å². The zero-order valence-electron chi connectivity index (χ0n) is 10.1. The molecule has 0 saturated heterocycles. The number of anilines is 1. The fourth-order valence-electron chi connectivity index (χ4n) is 1.56. The van der Waals surface area contributed by atoms with Crippen LogP contribution in [0.2, 0.25) is 0 Å². The van der Waals surface area contributed by atoms with Crippen molar-refractivity contribution < 1.29 is 4.79 Å². The number of amides is 1. The van der Waals surface area contributed by atoms with E-state index in [1.807, 2.05) is 31.2 Å². The number of hydrogen-bond donors (Lipinski definition) is 2.